The van der Waals surface area contributed by atoms with Gasteiger partial charge < -0.3 is 10.4 Å². The number of aliphatic hydroxyl groups excluding tert-OH is 1. The molecular formula is C21H40NO2. The van der Waals surface area contributed by atoms with Crippen molar-refractivity contribution in [3.05, 3.63) is 18.7 Å². The number of amides is 1. The van der Waals surface area contributed by atoms with E-state index < -0.39 is 0 Å². The van der Waals surface area contributed by atoms with Gasteiger partial charge in [0.15, 0.2) is 0 Å². The van der Waals surface area contributed by atoms with Gasteiger partial charge in [0.2, 0.25) is 5.91 Å². The molecule has 0 unspecified atom stereocenters. The predicted molar refractivity (Wildman–Crippen MR) is 104 cm³/mol. The van der Waals surface area contributed by atoms with Gasteiger partial charge in [0.1, 0.15) is 0 Å². The zero-order chi connectivity index (χ0) is 17.9. The van der Waals surface area contributed by atoms with Crippen LogP contribution in [0.15, 0.2) is 12.2 Å². The van der Waals surface area contributed by atoms with E-state index in [2.05, 4.69) is 24.4 Å². The van der Waals surface area contributed by atoms with Crippen molar-refractivity contribution in [1.82, 2.24) is 5.32 Å². The van der Waals surface area contributed by atoms with E-state index in [1.54, 1.807) is 0 Å². The van der Waals surface area contributed by atoms with Gasteiger partial charge in [0.25, 0.3) is 0 Å². The van der Waals surface area contributed by atoms with E-state index >= 15 is 0 Å². The molecule has 0 saturated heterocycles. The Balaban J connectivity index is 3.30. The van der Waals surface area contributed by atoms with Crippen molar-refractivity contribution in [2.45, 2.75) is 110 Å². The molecule has 3 nitrogen and oxygen atoms in total. The third-order valence-corrected chi connectivity index (χ3v) is 4.21. The maximum atomic E-state index is 11.4. The van der Waals surface area contributed by atoms with Crippen molar-refractivity contribution in [2.24, 2.45) is 0 Å². The van der Waals surface area contributed by atoms with E-state index in [0.717, 1.165) is 44.9 Å². The molecule has 1 radical (unpaired) electrons. The van der Waals surface area contributed by atoms with Crippen LogP contribution in [0.4, 0.5) is 0 Å². The number of aliphatic hydroxyl groups is 1. The lowest BCUT2D eigenvalue weighted by Crippen LogP contribution is -2.19. The quantitative estimate of drug-likeness (QED) is 0.265. The van der Waals surface area contributed by atoms with Crippen LogP contribution in [0.1, 0.15) is 104 Å². The fourth-order valence-electron chi connectivity index (χ4n) is 2.66. The molecule has 0 aliphatic heterocycles. The summed E-state index contributed by atoms with van der Waals surface area (Å²) in [6, 6.07) is 0. The lowest BCUT2D eigenvalue weighted by molar-refractivity contribution is -0.120. The van der Waals surface area contributed by atoms with Crippen molar-refractivity contribution in [3.8, 4) is 0 Å². The molecule has 0 bridgehead atoms. The zero-order valence-corrected chi connectivity index (χ0v) is 16.1. The Morgan fingerprint density at radius 3 is 2.42 bits per heavy atom. The average Bonchev–Trinajstić information content (AvgIpc) is 2.58. The first kappa shape index (κ1) is 23.2. The first-order valence-electron chi connectivity index (χ1n) is 10.1. The first-order chi connectivity index (χ1) is 11.7. The fourth-order valence-corrected chi connectivity index (χ4v) is 2.66. The number of hydrogen-bond acceptors (Lipinski definition) is 2. The van der Waals surface area contributed by atoms with Crippen LogP contribution in [-0.4, -0.2) is 17.1 Å². The summed E-state index contributed by atoms with van der Waals surface area (Å²) in [5.41, 5.74) is 0. The lowest BCUT2D eigenvalue weighted by atomic mass is 10.1. The van der Waals surface area contributed by atoms with Gasteiger partial charge in [-0.1, -0.05) is 70.9 Å². The SMILES string of the molecule is CC[CH]NC(=O)CCCCCCC/C=C\C[C@H](O)CCCCCC. The maximum Gasteiger partial charge on any atom is 0.220 e. The van der Waals surface area contributed by atoms with Crippen LogP contribution in [0.3, 0.4) is 0 Å². The molecule has 0 aliphatic rings. The molecule has 0 spiro atoms. The fraction of sp³-hybridized carbons (Fsp3) is 0.810. The molecule has 1 atom stereocenters. The lowest BCUT2D eigenvalue weighted by Gasteiger charge is -2.07. The van der Waals surface area contributed by atoms with E-state index in [4.69, 9.17) is 0 Å². The van der Waals surface area contributed by atoms with E-state index in [9.17, 15) is 9.90 Å². The Bertz CT molecular complexity index is 302. The maximum absolute atomic E-state index is 11.4. The van der Waals surface area contributed by atoms with E-state index in [0.29, 0.717) is 6.42 Å². The van der Waals surface area contributed by atoms with Crippen molar-refractivity contribution < 1.29 is 9.90 Å². The molecule has 0 aromatic heterocycles. The second-order valence-corrected chi connectivity index (χ2v) is 6.70. The summed E-state index contributed by atoms with van der Waals surface area (Å²) in [5.74, 6) is 0.146. The zero-order valence-electron chi connectivity index (χ0n) is 16.1. The van der Waals surface area contributed by atoms with Crippen LogP contribution in [-0.2, 0) is 4.79 Å². The molecule has 24 heavy (non-hydrogen) atoms. The highest BCUT2D eigenvalue weighted by molar-refractivity contribution is 5.76. The number of unbranched alkanes of at least 4 members (excludes halogenated alkanes) is 8. The number of nitrogens with one attached hydrogen (secondary N) is 1. The Labute approximate surface area is 150 Å². The summed E-state index contributed by atoms with van der Waals surface area (Å²) < 4.78 is 0. The van der Waals surface area contributed by atoms with Gasteiger partial charge in [-0.2, -0.15) is 0 Å². The summed E-state index contributed by atoms with van der Waals surface area (Å²) in [6.45, 7) is 6.04. The normalized spacial score (nSPS) is 12.6. The monoisotopic (exact) mass is 338 g/mol. The van der Waals surface area contributed by atoms with Gasteiger partial charge in [-0.15, -0.1) is 0 Å². The molecule has 0 aromatic rings. The van der Waals surface area contributed by atoms with E-state index in [-0.39, 0.29) is 12.0 Å². The standard InChI is InChI=1S/C21H40NO2/c1-3-5-6-13-16-20(23)17-14-11-9-7-8-10-12-15-18-21(24)22-19-4-2/h11,14,19-20,23H,3-10,12-13,15-18H2,1-2H3,(H,22,24)/b14-11-/t20-/m1/s1. The third kappa shape index (κ3) is 17.5. The molecule has 0 rings (SSSR count). The summed E-state index contributed by atoms with van der Waals surface area (Å²) in [5, 5.41) is 12.7. The second kappa shape index (κ2) is 18.5. The van der Waals surface area contributed by atoms with E-state index in [1.807, 2.05) is 13.5 Å². The molecule has 2 N–H and O–H groups in total. The second-order valence-electron chi connectivity index (χ2n) is 6.70. The first-order valence-corrected chi connectivity index (χ1v) is 10.1. The van der Waals surface area contributed by atoms with Gasteiger partial charge in [-0.05, 0) is 38.5 Å². The van der Waals surface area contributed by atoms with Gasteiger partial charge in [0.05, 0.1) is 6.10 Å². The number of hydrogen-bond donors (Lipinski definition) is 2. The summed E-state index contributed by atoms with van der Waals surface area (Å²) in [7, 11) is 0. The molecule has 1 amide bonds. The highest BCUT2D eigenvalue weighted by Gasteiger charge is 2.01. The Morgan fingerprint density at radius 1 is 0.958 bits per heavy atom. The molecule has 0 aromatic carbocycles. The minimum atomic E-state index is -0.158. The molecule has 0 fully saturated rings. The summed E-state index contributed by atoms with van der Waals surface area (Å²) in [4.78, 5) is 11.4. The molecule has 3 heteroatoms. The minimum Gasteiger partial charge on any atom is -0.393 e. The van der Waals surface area contributed by atoms with Gasteiger partial charge in [-0.3, -0.25) is 4.79 Å². The number of allylic oxidation sites excluding steroid dienone is 1. The third-order valence-electron chi connectivity index (χ3n) is 4.21. The molecular weight excluding hydrogens is 298 g/mol. The molecule has 0 aliphatic carbocycles. The predicted octanol–water partition coefficient (Wildman–Crippen LogP) is 5.68. The smallest absolute Gasteiger partial charge is 0.220 e. The topological polar surface area (TPSA) is 49.3 Å². The van der Waals surface area contributed by atoms with Gasteiger partial charge in [0, 0.05) is 13.0 Å². The van der Waals surface area contributed by atoms with Crippen LogP contribution in [0.25, 0.3) is 0 Å². The molecule has 0 heterocycles. The van der Waals surface area contributed by atoms with Crippen molar-refractivity contribution in [3.63, 3.8) is 0 Å². The minimum absolute atomic E-state index is 0.146. The summed E-state index contributed by atoms with van der Waals surface area (Å²) in [6.07, 6.45) is 19.3. The largest absolute Gasteiger partial charge is 0.393 e. The molecule has 0 saturated carbocycles. The van der Waals surface area contributed by atoms with Crippen LogP contribution < -0.4 is 5.32 Å². The number of rotatable bonds is 17. The molecule has 141 valence electrons. The Hall–Kier alpha value is -0.830. The van der Waals surface area contributed by atoms with Crippen molar-refractivity contribution in [2.75, 3.05) is 0 Å². The van der Waals surface area contributed by atoms with Crippen LogP contribution >= 0.6 is 0 Å². The van der Waals surface area contributed by atoms with Gasteiger partial charge >= 0.3 is 0 Å². The van der Waals surface area contributed by atoms with Crippen molar-refractivity contribution in [1.29, 1.82) is 0 Å². The van der Waals surface area contributed by atoms with Crippen LogP contribution in [0.5, 0.6) is 0 Å². The summed E-state index contributed by atoms with van der Waals surface area (Å²) >= 11 is 0. The highest BCUT2D eigenvalue weighted by atomic mass is 16.3. The van der Waals surface area contributed by atoms with Crippen molar-refractivity contribution >= 4 is 5.91 Å². The van der Waals surface area contributed by atoms with E-state index in [1.165, 1.54) is 38.5 Å². The number of carbonyl (C=O) groups is 1. The average molecular weight is 339 g/mol. The Kier molecular flexibility index (Phi) is 17.9. The van der Waals surface area contributed by atoms with Crippen LogP contribution in [0.2, 0.25) is 0 Å². The number of carbonyl (C=O) groups excluding carboxylic acids is 1. The Morgan fingerprint density at radius 2 is 1.67 bits per heavy atom. The van der Waals surface area contributed by atoms with Gasteiger partial charge in [-0.25, -0.2) is 0 Å². The highest BCUT2D eigenvalue weighted by Crippen LogP contribution is 2.10. The van der Waals surface area contributed by atoms with Crippen LogP contribution in [0, 0.1) is 6.54 Å².